The van der Waals surface area contributed by atoms with E-state index in [1.54, 1.807) is 0 Å². The van der Waals surface area contributed by atoms with E-state index in [0.717, 1.165) is 27.6 Å². The zero-order valence-electron chi connectivity index (χ0n) is 11.3. The van der Waals surface area contributed by atoms with Crippen molar-refractivity contribution in [2.75, 3.05) is 0 Å². The molecule has 1 fully saturated rings. The van der Waals surface area contributed by atoms with Crippen molar-refractivity contribution in [1.29, 1.82) is 0 Å². The van der Waals surface area contributed by atoms with Gasteiger partial charge in [0.2, 0.25) is 0 Å². The van der Waals surface area contributed by atoms with Crippen LogP contribution in [0.3, 0.4) is 0 Å². The molecule has 0 heterocycles. The third kappa shape index (κ3) is 4.16. The summed E-state index contributed by atoms with van der Waals surface area (Å²) in [6.07, 6.45) is 4.78. The van der Waals surface area contributed by atoms with Crippen LogP contribution in [0.1, 0.15) is 17.5 Å². The van der Waals surface area contributed by atoms with Gasteiger partial charge >= 0.3 is 0 Å². The maximum Gasteiger partial charge on any atom is 0.0745 e. The van der Waals surface area contributed by atoms with Gasteiger partial charge < -0.3 is 0 Å². The van der Waals surface area contributed by atoms with E-state index in [9.17, 15) is 0 Å². The van der Waals surface area contributed by atoms with E-state index in [1.165, 1.54) is 0 Å². The van der Waals surface area contributed by atoms with E-state index in [-0.39, 0.29) is 0 Å². The van der Waals surface area contributed by atoms with Crippen molar-refractivity contribution in [3.8, 4) is 0 Å². The second-order valence-electron chi connectivity index (χ2n) is 5.03. The van der Waals surface area contributed by atoms with Gasteiger partial charge in [0.05, 0.1) is 12.1 Å². The summed E-state index contributed by atoms with van der Waals surface area (Å²) in [6, 6.07) is 15.9. The maximum absolute atomic E-state index is 5.85. The summed E-state index contributed by atoms with van der Waals surface area (Å²) in [6.45, 7) is 0. The summed E-state index contributed by atoms with van der Waals surface area (Å²) in [5.41, 5.74) is 2.12. The van der Waals surface area contributed by atoms with Gasteiger partial charge in [0.1, 0.15) is 0 Å². The average molecular weight is 317 g/mol. The lowest BCUT2D eigenvalue weighted by molar-refractivity contribution is 0.971. The van der Waals surface area contributed by atoms with Crippen LogP contribution in [-0.2, 0) is 0 Å². The van der Waals surface area contributed by atoms with Gasteiger partial charge in [-0.2, -0.15) is 0 Å². The van der Waals surface area contributed by atoms with Gasteiger partial charge in [0.25, 0.3) is 0 Å². The standard InChI is InChI=1S/C17H14Cl2N2/c18-14-5-1-12(2-6-14)10-20-16-9-17(16)21-11-13-3-7-15(19)8-4-13/h1-8,10-11,16-17H,9H2/t16-,17-/m0/s1. The van der Waals surface area contributed by atoms with Crippen molar-refractivity contribution < 1.29 is 0 Å². The Bertz CT molecular complexity index is 601. The van der Waals surface area contributed by atoms with Gasteiger partial charge in [-0.25, -0.2) is 0 Å². The van der Waals surface area contributed by atoms with E-state index >= 15 is 0 Å². The minimum Gasteiger partial charge on any atom is -0.287 e. The molecule has 2 aromatic carbocycles. The summed E-state index contributed by atoms with van der Waals surface area (Å²) in [7, 11) is 0. The average Bonchev–Trinajstić information content (AvgIpc) is 3.25. The fraction of sp³-hybridized carbons (Fsp3) is 0.176. The van der Waals surface area contributed by atoms with Gasteiger partial charge in [-0.05, 0) is 41.8 Å². The molecule has 0 aliphatic heterocycles. The molecule has 1 saturated carbocycles. The Morgan fingerprint density at radius 1 is 0.714 bits per heavy atom. The Morgan fingerprint density at radius 2 is 1.10 bits per heavy atom. The molecular weight excluding hydrogens is 303 g/mol. The van der Waals surface area contributed by atoms with Gasteiger partial charge in [0.15, 0.2) is 0 Å². The minimum atomic E-state index is 0.296. The number of hydrogen-bond donors (Lipinski definition) is 0. The lowest BCUT2D eigenvalue weighted by Crippen LogP contribution is -1.90. The highest BCUT2D eigenvalue weighted by Crippen LogP contribution is 2.29. The first-order chi connectivity index (χ1) is 10.2. The molecule has 2 atom stereocenters. The maximum atomic E-state index is 5.85. The Hall–Kier alpha value is -1.64. The Morgan fingerprint density at radius 3 is 1.48 bits per heavy atom. The molecule has 0 radical (unpaired) electrons. The zero-order chi connectivity index (χ0) is 14.7. The molecular formula is C17H14Cl2N2. The highest BCUT2D eigenvalue weighted by molar-refractivity contribution is 6.30. The molecule has 1 aliphatic carbocycles. The fourth-order valence-corrected chi connectivity index (χ4v) is 2.20. The number of aliphatic imine (C=N–C) groups is 2. The molecule has 0 aromatic heterocycles. The number of nitrogens with zero attached hydrogens (tertiary/aromatic N) is 2. The van der Waals surface area contributed by atoms with Gasteiger partial charge in [-0.1, -0.05) is 47.5 Å². The first kappa shape index (κ1) is 14.3. The molecule has 4 heteroatoms. The quantitative estimate of drug-likeness (QED) is 0.732. The highest BCUT2D eigenvalue weighted by Gasteiger charge is 2.35. The Balaban J connectivity index is 1.54. The van der Waals surface area contributed by atoms with E-state index in [2.05, 4.69) is 9.98 Å². The molecule has 0 bridgehead atoms. The largest absolute Gasteiger partial charge is 0.287 e. The second kappa shape index (κ2) is 6.42. The first-order valence-electron chi connectivity index (χ1n) is 6.78. The van der Waals surface area contributed by atoms with Crippen LogP contribution in [0, 0.1) is 0 Å². The SMILES string of the molecule is Clc1ccc(C=N[C@H]2C[C@@H]2N=Cc2ccc(Cl)cc2)cc1. The Kier molecular flexibility index (Phi) is 4.37. The molecule has 0 amide bonds. The topological polar surface area (TPSA) is 24.7 Å². The lowest BCUT2D eigenvalue weighted by Gasteiger charge is -1.94. The number of halogens is 2. The van der Waals surface area contributed by atoms with Gasteiger partial charge in [-0.3, -0.25) is 9.98 Å². The lowest BCUT2D eigenvalue weighted by atomic mass is 10.2. The highest BCUT2D eigenvalue weighted by atomic mass is 35.5. The first-order valence-corrected chi connectivity index (χ1v) is 7.54. The number of hydrogen-bond acceptors (Lipinski definition) is 2. The normalized spacial score (nSPS) is 21.2. The van der Waals surface area contributed by atoms with Crippen molar-refractivity contribution in [3.05, 3.63) is 69.7 Å². The molecule has 0 saturated heterocycles. The van der Waals surface area contributed by atoms with Crippen LogP contribution >= 0.6 is 23.2 Å². The van der Waals surface area contributed by atoms with Crippen molar-refractivity contribution in [2.45, 2.75) is 18.5 Å². The van der Waals surface area contributed by atoms with Crippen molar-refractivity contribution in [3.63, 3.8) is 0 Å². The van der Waals surface area contributed by atoms with E-state index in [1.807, 2.05) is 61.0 Å². The third-order valence-corrected chi connectivity index (χ3v) is 3.80. The van der Waals surface area contributed by atoms with Crippen molar-refractivity contribution in [2.24, 2.45) is 9.98 Å². The van der Waals surface area contributed by atoms with Crippen LogP contribution in [0.25, 0.3) is 0 Å². The summed E-state index contributed by atoms with van der Waals surface area (Å²) in [4.78, 5) is 9.08. The molecule has 106 valence electrons. The Labute approximate surface area is 134 Å². The van der Waals surface area contributed by atoms with Crippen LogP contribution < -0.4 is 0 Å². The molecule has 0 unspecified atom stereocenters. The van der Waals surface area contributed by atoms with Crippen molar-refractivity contribution in [1.82, 2.24) is 0 Å². The van der Waals surface area contributed by atoms with Crippen LogP contribution in [0.2, 0.25) is 10.0 Å². The van der Waals surface area contributed by atoms with Crippen molar-refractivity contribution >= 4 is 35.6 Å². The predicted molar refractivity (Wildman–Crippen MR) is 90.3 cm³/mol. The zero-order valence-corrected chi connectivity index (χ0v) is 12.8. The molecule has 1 aliphatic rings. The third-order valence-electron chi connectivity index (χ3n) is 3.29. The number of rotatable bonds is 4. The van der Waals surface area contributed by atoms with Crippen LogP contribution in [0.4, 0.5) is 0 Å². The minimum absolute atomic E-state index is 0.296. The summed E-state index contributed by atoms with van der Waals surface area (Å²) in [5.74, 6) is 0. The smallest absolute Gasteiger partial charge is 0.0745 e. The van der Waals surface area contributed by atoms with Crippen LogP contribution in [0.15, 0.2) is 58.5 Å². The van der Waals surface area contributed by atoms with E-state index in [4.69, 9.17) is 23.2 Å². The monoisotopic (exact) mass is 316 g/mol. The molecule has 0 spiro atoms. The van der Waals surface area contributed by atoms with Crippen LogP contribution in [0.5, 0.6) is 0 Å². The second-order valence-corrected chi connectivity index (χ2v) is 5.90. The molecule has 2 aromatic rings. The predicted octanol–water partition coefficient (Wildman–Crippen LogP) is 4.67. The molecule has 21 heavy (non-hydrogen) atoms. The molecule has 2 nitrogen and oxygen atoms in total. The summed E-state index contributed by atoms with van der Waals surface area (Å²) >= 11 is 11.7. The molecule has 3 rings (SSSR count). The molecule has 0 N–H and O–H groups in total. The fourth-order valence-electron chi connectivity index (χ4n) is 1.95. The van der Waals surface area contributed by atoms with E-state index in [0.29, 0.717) is 12.1 Å². The van der Waals surface area contributed by atoms with Gasteiger partial charge in [0, 0.05) is 22.5 Å². The van der Waals surface area contributed by atoms with Gasteiger partial charge in [-0.15, -0.1) is 0 Å². The van der Waals surface area contributed by atoms with Crippen LogP contribution in [-0.4, -0.2) is 24.5 Å². The summed E-state index contributed by atoms with van der Waals surface area (Å²) in [5, 5.41) is 1.48. The van der Waals surface area contributed by atoms with E-state index < -0.39 is 0 Å². The summed E-state index contributed by atoms with van der Waals surface area (Å²) < 4.78 is 0. The number of benzene rings is 2.